The molecule has 1 atom stereocenters. The molecule has 104 valence electrons. The average Bonchev–Trinajstić information content (AvgIpc) is 2.15. The van der Waals surface area contributed by atoms with Gasteiger partial charge in [0.1, 0.15) is 6.04 Å². The van der Waals surface area contributed by atoms with Gasteiger partial charge in [-0.3, -0.25) is 0 Å². The van der Waals surface area contributed by atoms with E-state index in [1.165, 1.54) is 18.2 Å². The third-order valence-corrected chi connectivity index (χ3v) is 2.21. The number of alkyl halides is 6. The van der Waals surface area contributed by atoms with E-state index in [0.29, 0.717) is 7.05 Å². The lowest BCUT2D eigenvalue weighted by Gasteiger charge is -2.31. The number of rotatable bonds is 2. The van der Waals surface area contributed by atoms with Crippen molar-refractivity contribution in [2.75, 3.05) is 7.05 Å². The molecule has 0 aliphatic heterocycles. The van der Waals surface area contributed by atoms with E-state index in [4.69, 9.17) is 0 Å². The van der Waals surface area contributed by atoms with Crippen LogP contribution in [0.3, 0.4) is 0 Å². The van der Waals surface area contributed by atoms with Crippen LogP contribution in [0.4, 0.5) is 26.3 Å². The first-order chi connectivity index (χ1) is 7.64. The topological polar surface area (TPSA) is 3.24 Å². The first kappa shape index (κ1) is 17.1. The zero-order chi connectivity index (χ0) is 13.3. The summed E-state index contributed by atoms with van der Waals surface area (Å²) in [5, 5.41) is 0. The summed E-state index contributed by atoms with van der Waals surface area (Å²) in [5.74, 6) is 0. The molecule has 0 radical (unpaired) electrons. The van der Waals surface area contributed by atoms with E-state index in [9.17, 15) is 26.3 Å². The summed E-state index contributed by atoms with van der Waals surface area (Å²) in [7, 11) is 0.380. The maximum absolute atomic E-state index is 12.6. The van der Waals surface area contributed by atoms with Crippen molar-refractivity contribution in [2.24, 2.45) is 0 Å². The summed E-state index contributed by atoms with van der Waals surface area (Å²) in [6, 6.07) is 3.30. The molecule has 1 unspecified atom stereocenters. The number of hydrogen-bond donors (Lipinski definition) is 0. The third-order valence-electron chi connectivity index (χ3n) is 2.21. The van der Waals surface area contributed by atoms with Gasteiger partial charge in [0.25, 0.3) is 0 Å². The van der Waals surface area contributed by atoms with Crippen molar-refractivity contribution in [2.45, 2.75) is 18.5 Å². The SMILES string of the molecule is CN(C(c1ccccc1)C(F)(F)F)C(F)(F)F.Cl. The Morgan fingerprint density at radius 2 is 1.39 bits per heavy atom. The van der Waals surface area contributed by atoms with Gasteiger partial charge in [0.2, 0.25) is 0 Å². The van der Waals surface area contributed by atoms with Crippen molar-refractivity contribution >= 4 is 12.4 Å². The van der Waals surface area contributed by atoms with Crippen LogP contribution in [0.15, 0.2) is 30.3 Å². The van der Waals surface area contributed by atoms with Crippen molar-refractivity contribution < 1.29 is 26.3 Å². The van der Waals surface area contributed by atoms with Crippen molar-refractivity contribution in [1.29, 1.82) is 0 Å². The van der Waals surface area contributed by atoms with Gasteiger partial charge in [0.05, 0.1) is 0 Å². The fourth-order valence-electron chi connectivity index (χ4n) is 1.41. The lowest BCUT2D eigenvalue weighted by Crippen LogP contribution is -2.44. The summed E-state index contributed by atoms with van der Waals surface area (Å²) >= 11 is 0. The summed E-state index contributed by atoms with van der Waals surface area (Å²) in [4.78, 5) is -0.650. The molecule has 0 heterocycles. The third kappa shape index (κ3) is 4.06. The molecule has 0 fully saturated rings. The summed E-state index contributed by atoms with van der Waals surface area (Å²) in [5.41, 5.74) is -0.445. The van der Waals surface area contributed by atoms with Gasteiger partial charge in [-0.2, -0.15) is 26.3 Å². The molecule has 0 N–H and O–H groups in total. The predicted molar refractivity (Wildman–Crippen MR) is 56.3 cm³/mol. The highest BCUT2D eigenvalue weighted by molar-refractivity contribution is 5.85. The zero-order valence-corrected chi connectivity index (χ0v) is 9.90. The van der Waals surface area contributed by atoms with Crippen LogP contribution in [0.1, 0.15) is 11.6 Å². The summed E-state index contributed by atoms with van der Waals surface area (Å²) in [6.45, 7) is 0. The fourth-order valence-corrected chi connectivity index (χ4v) is 1.41. The average molecular weight is 294 g/mol. The second-order valence-corrected chi connectivity index (χ2v) is 3.43. The first-order valence-corrected chi connectivity index (χ1v) is 4.55. The molecular formula is C10H10ClF6N. The molecule has 1 rings (SSSR count). The Morgan fingerprint density at radius 1 is 0.944 bits per heavy atom. The van der Waals surface area contributed by atoms with Crippen LogP contribution < -0.4 is 0 Å². The standard InChI is InChI=1S/C10H9F6N.ClH/c1-17(10(14,15)16)8(9(11,12)13)7-5-3-2-4-6-7;/h2-6,8H,1H3;1H. The molecule has 0 aliphatic carbocycles. The van der Waals surface area contributed by atoms with Crippen LogP contribution in [-0.4, -0.2) is 24.4 Å². The molecule has 1 aromatic carbocycles. The zero-order valence-electron chi connectivity index (χ0n) is 9.09. The summed E-state index contributed by atoms with van der Waals surface area (Å²) < 4.78 is 75.0. The van der Waals surface area contributed by atoms with Gasteiger partial charge < -0.3 is 0 Å². The number of benzene rings is 1. The van der Waals surface area contributed by atoms with Gasteiger partial charge in [-0.05, 0) is 12.6 Å². The van der Waals surface area contributed by atoms with Crippen LogP contribution in [0.5, 0.6) is 0 Å². The second-order valence-electron chi connectivity index (χ2n) is 3.43. The highest BCUT2D eigenvalue weighted by Gasteiger charge is 2.51. The number of halogens is 7. The smallest absolute Gasteiger partial charge is 0.201 e. The molecule has 0 aromatic heterocycles. The monoisotopic (exact) mass is 293 g/mol. The van der Waals surface area contributed by atoms with Gasteiger partial charge in [-0.25, -0.2) is 4.90 Å². The Hall–Kier alpha value is -0.950. The van der Waals surface area contributed by atoms with Crippen molar-refractivity contribution in [3.8, 4) is 0 Å². The Morgan fingerprint density at radius 3 is 1.72 bits per heavy atom. The Labute approximate surface area is 106 Å². The lowest BCUT2D eigenvalue weighted by atomic mass is 10.1. The lowest BCUT2D eigenvalue weighted by molar-refractivity contribution is -0.295. The predicted octanol–water partition coefficient (Wildman–Crippen LogP) is 4.16. The van der Waals surface area contributed by atoms with Crippen molar-refractivity contribution in [3.63, 3.8) is 0 Å². The Balaban J connectivity index is 0.00000289. The molecule has 0 aliphatic rings. The number of hydrogen-bond acceptors (Lipinski definition) is 1. The van der Waals surface area contributed by atoms with E-state index in [1.54, 1.807) is 0 Å². The highest BCUT2D eigenvalue weighted by atomic mass is 35.5. The minimum atomic E-state index is -5.05. The minimum Gasteiger partial charge on any atom is -0.201 e. The molecule has 0 saturated carbocycles. The quantitative estimate of drug-likeness (QED) is 0.584. The first-order valence-electron chi connectivity index (χ1n) is 4.55. The van der Waals surface area contributed by atoms with E-state index in [0.717, 1.165) is 12.1 Å². The fraction of sp³-hybridized carbons (Fsp3) is 0.400. The molecule has 18 heavy (non-hydrogen) atoms. The van der Waals surface area contributed by atoms with Gasteiger partial charge >= 0.3 is 12.5 Å². The van der Waals surface area contributed by atoms with Crippen molar-refractivity contribution in [3.05, 3.63) is 35.9 Å². The van der Waals surface area contributed by atoms with Crippen LogP contribution in [0.25, 0.3) is 0 Å². The molecule has 8 heteroatoms. The van der Waals surface area contributed by atoms with E-state index in [1.807, 2.05) is 0 Å². The molecule has 1 aromatic rings. The van der Waals surface area contributed by atoms with E-state index in [-0.39, 0.29) is 12.4 Å². The molecule has 0 spiro atoms. The highest BCUT2D eigenvalue weighted by Crippen LogP contribution is 2.41. The molecule has 0 bridgehead atoms. The van der Waals surface area contributed by atoms with Gasteiger partial charge in [-0.1, -0.05) is 30.3 Å². The number of nitrogens with zero attached hydrogens (tertiary/aromatic N) is 1. The minimum absolute atomic E-state index is 0. The normalized spacial score (nSPS) is 14.2. The molecular weight excluding hydrogens is 284 g/mol. The summed E-state index contributed by atoms with van der Waals surface area (Å²) in [6.07, 6.45) is -10.0. The van der Waals surface area contributed by atoms with E-state index < -0.39 is 29.0 Å². The van der Waals surface area contributed by atoms with E-state index in [2.05, 4.69) is 0 Å². The van der Waals surface area contributed by atoms with Gasteiger partial charge in [-0.15, -0.1) is 12.4 Å². The molecule has 0 amide bonds. The Kier molecular flexibility index (Phi) is 5.49. The molecule has 1 nitrogen and oxygen atoms in total. The molecule has 0 saturated heterocycles. The van der Waals surface area contributed by atoms with E-state index >= 15 is 0 Å². The van der Waals surface area contributed by atoms with Crippen molar-refractivity contribution in [1.82, 2.24) is 4.90 Å². The van der Waals surface area contributed by atoms with Crippen LogP contribution >= 0.6 is 12.4 Å². The van der Waals surface area contributed by atoms with Crippen LogP contribution in [0.2, 0.25) is 0 Å². The van der Waals surface area contributed by atoms with Gasteiger partial charge in [0.15, 0.2) is 0 Å². The second kappa shape index (κ2) is 5.79. The Bertz CT molecular complexity index is 361. The maximum Gasteiger partial charge on any atom is 0.460 e. The van der Waals surface area contributed by atoms with Gasteiger partial charge in [0, 0.05) is 0 Å². The van der Waals surface area contributed by atoms with Crippen LogP contribution in [-0.2, 0) is 0 Å². The maximum atomic E-state index is 12.6. The largest absolute Gasteiger partial charge is 0.460 e. The van der Waals surface area contributed by atoms with Crippen LogP contribution in [0, 0.1) is 0 Å².